The summed E-state index contributed by atoms with van der Waals surface area (Å²) in [6.45, 7) is 0.687. The minimum Gasteiger partial charge on any atom is -0.476 e. The fourth-order valence-electron chi connectivity index (χ4n) is 1.15. The third-order valence-corrected chi connectivity index (χ3v) is 2.10. The predicted molar refractivity (Wildman–Crippen MR) is 44.1 cm³/mol. The first-order valence-corrected chi connectivity index (χ1v) is 4.10. The Morgan fingerprint density at radius 3 is 2.85 bits per heavy atom. The summed E-state index contributed by atoms with van der Waals surface area (Å²) in [5.74, 6) is -0.371. The molecule has 6 heteroatoms. The second kappa shape index (κ2) is 2.72. The number of hydrogen-bond donors (Lipinski definition) is 2. The van der Waals surface area contributed by atoms with Gasteiger partial charge in [-0.1, -0.05) is 5.21 Å². The Labute approximate surface area is 74.3 Å². The molecule has 3 N–H and O–H groups in total. The third-order valence-electron chi connectivity index (χ3n) is 2.10. The van der Waals surface area contributed by atoms with Crippen molar-refractivity contribution >= 4 is 11.8 Å². The summed E-state index contributed by atoms with van der Waals surface area (Å²) in [5.41, 5.74) is 5.39. The van der Waals surface area contributed by atoms with Crippen molar-refractivity contribution in [1.82, 2.24) is 15.0 Å². The summed E-state index contributed by atoms with van der Waals surface area (Å²) in [5, 5.41) is 15.8. The molecule has 0 bridgehead atoms. The Hall–Kier alpha value is -1.59. The highest BCUT2D eigenvalue weighted by molar-refractivity contribution is 5.90. The summed E-state index contributed by atoms with van der Waals surface area (Å²) in [7, 11) is 0. The number of aromatic carboxylic acids is 1. The Bertz CT molecular complexity index is 342. The van der Waals surface area contributed by atoms with Gasteiger partial charge in [0.25, 0.3) is 0 Å². The molecule has 1 aliphatic rings. The summed E-state index contributed by atoms with van der Waals surface area (Å²) in [4.78, 5) is 10.5. The fraction of sp³-hybridized carbons (Fsp3) is 0.571. The second-order valence-electron chi connectivity index (χ2n) is 3.25. The van der Waals surface area contributed by atoms with E-state index in [1.165, 1.54) is 17.5 Å². The number of nitrogens with two attached hydrogens (primary N) is 1. The molecule has 0 radical (unpaired) electrons. The van der Waals surface area contributed by atoms with E-state index in [2.05, 4.69) is 10.3 Å². The van der Waals surface area contributed by atoms with Crippen molar-refractivity contribution in [3.63, 3.8) is 0 Å². The number of nitrogen functional groups attached to an aromatic ring is 1. The van der Waals surface area contributed by atoms with Crippen LogP contribution in [0.1, 0.15) is 23.3 Å². The van der Waals surface area contributed by atoms with E-state index in [-0.39, 0.29) is 11.5 Å². The minimum absolute atomic E-state index is 0.152. The van der Waals surface area contributed by atoms with Gasteiger partial charge in [-0.25, -0.2) is 9.48 Å². The topological polar surface area (TPSA) is 94.0 Å². The Balaban J connectivity index is 2.21. The molecule has 1 fully saturated rings. The van der Waals surface area contributed by atoms with Crippen molar-refractivity contribution in [2.24, 2.45) is 5.92 Å². The number of rotatable bonds is 3. The van der Waals surface area contributed by atoms with E-state index in [0.29, 0.717) is 12.5 Å². The molecule has 2 rings (SSSR count). The molecular weight excluding hydrogens is 172 g/mol. The van der Waals surface area contributed by atoms with E-state index in [1.807, 2.05) is 0 Å². The molecule has 70 valence electrons. The van der Waals surface area contributed by atoms with Crippen LogP contribution in [0.4, 0.5) is 5.82 Å². The molecule has 1 aromatic heterocycles. The fourth-order valence-corrected chi connectivity index (χ4v) is 1.15. The number of anilines is 1. The summed E-state index contributed by atoms with van der Waals surface area (Å²) in [6, 6.07) is 0. The van der Waals surface area contributed by atoms with Crippen LogP contribution in [0.3, 0.4) is 0 Å². The van der Waals surface area contributed by atoms with Gasteiger partial charge in [0.2, 0.25) is 5.69 Å². The Morgan fingerprint density at radius 1 is 1.69 bits per heavy atom. The predicted octanol–water partition coefficient (Wildman–Crippen LogP) is -0.0315. The van der Waals surface area contributed by atoms with Crippen LogP contribution >= 0.6 is 0 Å². The van der Waals surface area contributed by atoms with Crippen LogP contribution < -0.4 is 5.73 Å². The van der Waals surface area contributed by atoms with Crippen LogP contribution in [0.15, 0.2) is 0 Å². The lowest BCUT2D eigenvalue weighted by Gasteiger charge is -1.99. The molecule has 0 saturated heterocycles. The van der Waals surface area contributed by atoms with E-state index in [0.717, 1.165) is 0 Å². The van der Waals surface area contributed by atoms with Gasteiger partial charge in [-0.2, -0.15) is 0 Å². The first-order chi connectivity index (χ1) is 6.18. The maximum absolute atomic E-state index is 10.5. The molecule has 0 spiro atoms. The summed E-state index contributed by atoms with van der Waals surface area (Å²) < 4.78 is 1.46. The van der Waals surface area contributed by atoms with Crippen LogP contribution in [0.25, 0.3) is 0 Å². The molecule has 1 heterocycles. The van der Waals surface area contributed by atoms with Gasteiger partial charge in [0.15, 0.2) is 5.82 Å². The molecule has 0 atom stereocenters. The zero-order valence-electron chi connectivity index (χ0n) is 6.97. The first kappa shape index (κ1) is 8.03. The maximum Gasteiger partial charge on any atom is 0.360 e. The van der Waals surface area contributed by atoms with Crippen molar-refractivity contribution < 1.29 is 9.90 Å². The van der Waals surface area contributed by atoms with Crippen molar-refractivity contribution in [2.75, 3.05) is 5.73 Å². The van der Waals surface area contributed by atoms with Gasteiger partial charge in [-0.05, 0) is 18.8 Å². The minimum atomic E-state index is -1.13. The van der Waals surface area contributed by atoms with E-state index in [4.69, 9.17) is 10.8 Å². The SMILES string of the molecule is Nc1c(C(=O)O)nnn1CC1CC1. The van der Waals surface area contributed by atoms with Gasteiger partial charge in [-0.15, -0.1) is 5.10 Å². The van der Waals surface area contributed by atoms with Crippen molar-refractivity contribution in [3.8, 4) is 0 Å². The summed E-state index contributed by atoms with van der Waals surface area (Å²) >= 11 is 0. The average molecular weight is 182 g/mol. The molecule has 1 saturated carbocycles. The quantitative estimate of drug-likeness (QED) is 0.684. The van der Waals surface area contributed by atoms with Gasteiger partial charge < -0.3 is 10.8 Å². The highest BCUT2D eigenvalue weighted by Crippen LogP contribution is 2.31. The Morgan fingerprint density at radius 2 is 2.38 bits per heavy atom. The van der Waals surface area contributed by atoms with E-state index in [9.17, 15) is 4.79 Å². The molecule has 1 aromatic rings. The number of carboxylic acids is 1. The first-order valence-electron chi connectivity index (χ1n) is 4.10. The molecule has 0 aliphatic heterocycles. The van der Waals surface area contributed by atoms with Gasteiger partial charge in [0.1, 0.15) is 0 Å². The number of aromatic nitrogens is 3. The van der Waals surface area contributed by atoms with Crippen molar-refractivity contribution in [2.45, 2.75) is 19.4 Å². The summed E-state index contributed by atoms with van der Waals surface area (Å²) in [6.07, 6.45) is 2.34. The normalized spacial score (nSPS) is 16.0. The van der Waals surface area contributed by atoms with Crippen LogP contribution in [0.2, 0.25) is 0 Å². The van der Waals surface area contributed by atoms with E-state index >= 15 is 0 Å². The molecule has 13 heavy (non-hydrogen) atoms. The lowest BCUT2D eigenvalue weighted by Crippen LogP contribution is -2.08. The van der Waals surface area contributed by atoms with Crippen molar-refractivity contribution in [3.05, 3.63) is 5.69 Å². The molecule has 0 aromatic carbocycles. The molecule has 6 nitrogen and oxygen atoms in total. The lowest BCUT2D eigenvalue weighted by molar-refractivity contribution is 0.0691. The molecule has 0 amide bonds. The highest BCUT2D eigenvalue weighted by Gasteiger charge is 2.25. The van der Waals surface area contributed by atoms with Gasteiger partial charge in [0, 0.05) is 6.54 Å². The van der Waals surface area contributed by atoms with Crippen molar-refractivity contribution in [1.29, 1.82) is 0 Å². The van der Waals surface area contributed by atoms with Gasteiger partial charge in [0.05, 0.1) is 0 Å². The Kier molecular flexibility index (Phi) is 1.68. The van der Waals surface area contributed by atoms with E-state index in [1.54, 1.807) is 0 Å². The second-order valence-corrected chi connectivity index (χ2v) is 3.25. The highest BCUT2D eigenvalue weighted by atomic mass is 16.4. The smallest absolute Gasteiger partial charge is 0.360 e. The van der Waals surface area contributed by atoms with Crippen LogP contribution in [-0.4, -0.2) is 26.1 Å². The standard InChI is InChI=1S/C7H10N4O2/c8-6-5(7(12)13)9-10-11(6)3-4-1-2-4/h4H,1-3,8H2,(H,12,13). The number of hydrogen-bond acceptors (Lipinski definition) is 4. The molecule has 1 aliphatic carbocycles. The average Bonchev–Trinajstić information content (AvgIpc) is 2.78. The van der Waals surface area contributed by atoms with E-state index < -0.39 is 5.97 Å². The largest absolute Gasteiger partial charge is 0.476 e. The lowest BCUT2D eigenvalue weighted by atomic mass is 10.4. The maximum atomic E-state index is 10.5. The van der Waals surface area contributed by atoms with Gasteiger partial charge >= 0.3 is 5.97 Å². The van der Waals surface area contributed by atoms with Crippen LogP contribution in [-0.2, 0) is 6.54 Å². The number of nitrogens with zero attached hydrogens (tertiary/aromatic N) is 3. The molecule has 0 unspecified atom stereocenters. The number of carbonyl (C=O) groups is 1. The zero-order valence-corrected chi connectivity index (χ0v) is 6.97. The molecular formula is C7H10N4O2. The number of carboxylic acid groups (broad SMARTS) is 1. The van der Waals surface area contributed by atoms with Gasteiger partial charge in [-0.3, -0.25) is 0 Å². The zero-order chi connectivity index (χ0) is 9.42. The third kappa shape index (κ3) is 1.47. The van der Waals surface area contributed by atoms with Crippen LogP contribution in [0, 0.1) is 5.92 Å². The van der Waals surface area contributed by atoms with Crippen LogP contribution in [0.5, 0.6) is 0 Å². The monoisotopic (exact) mass is 182 g/mol.